The Balaban J connectivity index is 2.10. The van der Waals surface area contributed by atoms with Crippen LogP contribution in [0.1, 0.15) is 25.0 Å². The maximum atomic E-state index is 5.90. The molecular weight excluding hydrogens is 224 g/mol. The first-order valence-corrected chi connectivity index (χ1v) is 6.84. The minimum Gasteiger partial charge on any atom is -0.491 e. The molecule has 0 radical (unpaired) electrons. The van der Waals surface area contributed by atoms with Crippen LogP contribution in [0.3, 0.4) is 0 Å². The fourth-order valence-corrected chi connectivity index (χ4v) is 2.31. The van der Waals surface area contributed by atoms with Crippen LogP contribution in [0.5, 0.6) is 5.75 Å². The van der Waals surface area contributed by atoms with Gasteiger partial charge in [-0.2, -0.15) is 0 Å². The van der Waals surface area contributed by atoms with Crippen LogP contribution in [-0.4, -0.2) is 37.2 Å². The molecule has 1 N–H and O–H groups in total. The van der Waals surface area contributed by atoms with E-state index < -0.39 is 0 Å². The lowest BCUT2D eigenvalue weighted by molar-refractivity contribution is 0.214. The van der Waals surface area contributed by atoms with Gasteiger partial charge in [0.1, 0.15) is 5.75 Å². The van der Waals surface area contributed by atoms with E-state index in [1.807, 2.05) is 0 Å². The predicted octanol–water partition coefficient (Wildman–Crippen LogP) is 2.19. The van der Waals surface area contributed by atoms with Gasteiger partial charge in [0.05, 0.1) is 6.10 Å². The van der Waals surface area contributed by atoms with E-state index in [9.17, 15) is 0 Å². The fourth-order valence-electron chi connectivity index (χ4n) is 2.31. The summed E-state index contributed by atoms with van der Waals surface area (Å²) in [7, 11) is 0. The van der Waals surface area contributed by atoms with Gasteiger partial charge in [-0.25, -0.2) is 0 Å². The Morgan fingerprint density at radius 3 is 2.67 bits per heavy atom. The second-order valence-corrected chi connectivity index (χ2v) is 5.30. The molecule has 18 heavy (non-hydrogen) atoms. The SMILES string of the molecule is Cc1ccc(OC(C)C)c(CN2CCNCC2)c1. The summed E-state index contributed by atoms with van der Waals surface area (Å²) in [5.41, 5.74) is 2.61. The van der Waals surface area contributed by atoms with Gasteiger partial charge in [-0.3, -0.25) is 4.90 Å². The molecule has 1 saturated heterocycles. The van der Waals surface area contributed by atoms with Gasteiger partial charge in [0.15, 0.2) is 0 Å². The summed E-state index contributed by atoms with van der Waals surface area (Å²) in [6, 6.07) is 6.48. The summed E-state index contributed by atoms with van der Waals surface area (Å²) in [5, 5.41) is 3.39. The quantitative estimate of drug-likeness (QED) is 0.884. The smallest absolute Gasteiger partial charge is 0.124 e. The third-order valence-corrected chi connectivity index (χ3v) is 3.18. The highest BCUT2D eigenvalue weighted by Gasteiger charge is 2.13. The van der Waals surface area contributed by atoms with E-state index in [1.165, 1.54) is 11.1 Å². The predicted molar refractivity (Wildman–Crippen MR) is 75.1 cm³/mol. The monoisotopic (exact) mass is 248 g/mol. The molecule has 1 aromatic carbocycles. The molecule has 2 rings (SSSR count). The molecule has 3 nitrogen and oxygen atoms in total. The second-order valence-electron chi connectivity index (χ2n) is 5.30. The molecule has 1 aliphatic rings. The van der Waals surface area contributed by atoms with Crippen LogP contribution in [0.25, 0.3) is 0 Å². The van der Waals surface area contributed by atoms with Crippen LogP contribution in [0.2, 0.25) is 0 Å². The number of rotatable bonds is 4. The minimum atomic E-state index is 0.231. The van der Waals surface area contributed by atoms with E-state index >= 15 is 0 Å². The molecule has 0 unspecified atom stereocenters. The molecule has 0 atom stereocenters. The molecule has 0 spiro atoms. The van der Waals surface area contributed by atoms with Crippen LogP contribution in [-0.2, 0) is 6.54 Å². The standard InChI is InChI=1S/C15H24N2O/c1-12(2)18-15-5-4-13(3)10-14(15)11-17-8-6-16-7-9-17/h4-5,10,12,16H,6-9,11H2,1-3H3. The van der Waals surface area contributed by atoms with Crippen LogP contribution in [0.15, 0.2) is 18.2 Å². The van der Waals surface area contributed by atoms with Crippen LogP contribution in [0.4, 0.5) is 0 Å². The highest BCUT2D eigenvalue weighted by molar-refractivity contribution is 5.37. The first kappa shape index (κ1) is 13.4. The molecule has 0 amide bonds. The summed E-state index contributed by atoms with van der Waals surface area (Å²) in [4.78, 5) is 2.48. The molecule has 100 valence electrons. The lowest BCUT2D eigenvalue weighted by Gasteiger charge is -2.28. The Bertz CT molecular complexity index is 384. The van der Waals surface area contributed by atoms with Gasteiger partial charge in [-0.1, -0.05) is 17.7 Å². The highest BCUT2D eigenvalue weighted by Crippen LogP contribution is 2.23. The Hall–Kier alpha value is -1.06. The summed E-state index contributed by atoms with van der Waals surface area (Å²) >= 11 is 0. The number of aryl methyl sites for hydroxylation is 1. The maximum Gasteiger partial charge on any atom is 0.124 e. The lowest BCUT2D eigenvalue weighted by Crippen LogP contribution is -2.42. The zero-order chi connectivity index (χ0) is 13.0. The average molecular weight is 248 g/mol. The molecular formula is C15H24N2O. The van der Waals surface area contributed by atoms with E-state index in [0.717, 1.165) is 38.5 Å². The molecule has 1 heterocycles. The number of nitrogens with zero attached hydrogens (tertiary/aromatic N) is 1. The van der Waals surface area contributed by atoms with Gasteiger partial charge in [-0.15, -0.1) is 0 Å². The third-order valence-electron chi connectivity index (χ3n) is 3.18. The van der Waals surface area contributed by atoms with E-state index in [4.69, 9.17) is 4.74 Å². The van der Waals surface area contributed by atoms with Crippen molar-refractivity contribution >= 4 is 0 Å². The topological polar surface area (TPSA) is 24.5 Å². The Morgan fingerprint density at radius 2 is 2.00 bits per heavy atom. The number of benzene rings is 1. The molecule has 0 aliphatic carbocycles. The lowest BCUT2D eigenvalue weighted by atomic mass is 10.1. The van der Waals surface area contributed by atoms with Gasteiger partial charge < -0.3 is 10.1 Å². The molecule has 0 saturated carbocycles. The molecule has 0 bridgehead atoms. The minimum absolute atomic E-state index is 0.231. The zero-order valence-electron chi connectivity index (χ0n) is 11.7. The largest absolute Gasteiger partial charge is 0.491 e. The number of ether oxygens (including phenoxy) is 1. The fraction of sp³-hybridized carbons (Fsp3) is 0.600. The number of nitrogens with one attached hydrogen (secondary N) is 1. The molecule has 3 heteroatoms. The molecule has 1 aromatic rings. The van der Waals surface area contributed by atoms with Gasteiger partial charge in [-0.05, 0) is 26.8 Å². The number of hydrogen-bond donors (Lipinski definition) is 1. The van der Waals surface area contributed by atoms with Gasteiger partial charge in [0.2, 0.25) is 0 Å². The van der Waals surface area contributed by atoms with Crippen molar-refractivity contribution in [2.24, 2.45) is 0 Å². The Labute approximate surface area is 110 Å². The van der Waals surface area contributed by atoms with Crippen molar-refractivity contribution in [3.63, 3.8) is 0 Å². The summed E-state index contributed by atoms with van der Waals surface area (Å²) in [6.07, 6.45) is 0.231. The average Bonchev–Trinajstić information content (AvgIpc) is 2.33. The summed E-state index contributed by atoms with van der Waals surface area (Å²) < 4.78 is 5.90. The van der Waals surface area contributed by atoms with E-state index in [0.29, 0.717) is 0 Å². The third kappa shape index (κ3) is 3.72. The molecule has 1 fully saturated rings. The maximum absolute atomic E-state index is 5.90. The second kappa shape index (κ2) is 6.21. The van der Waals surface area contributed by atoms with Crippen LogP contribution >= 0.6 is 0 Å². The summed E-state index contributed by atoms with van der Waals surface area (Å²) in [6.45, 7) is 11.7. The van der Waals surface area contributed by atoms with Crippen LogP contribution in [0, 0.1) is 6.92 Å². The van der Waals surface area contributed by atoms with E-state index in [-0.39, 0.29) is 6.10 Å². The van der Waals surface area contributed by atoms with E-state index in [1.54, 1.807) is 0 Å². The Kier molecular flexibility index (Phi) is 4.61. The van der Waals surface area contributed by atoms with Crippen molar-refractivity contribution in [2.75, 3.05) is 26.2 Å². The van der Waals surface area contributed by atoms with Crippen molar-refractivity contribution in [3.8, 4) is 5.75 Å². The van der Waals surface area contributed by atoms with E-state index in [2.05, 4.69) is 49.2 Å². The first-order valence-electron chi connectivity index (χ1n) is 6.84. The van der Waals surface area contributed by atoms with Crippen LogP contribution < -0.4 is 10.1 Å². The highest BCUT2D eigenvalue weighted by atomic mass is 16.5. The normalized spacial score (nSPS) is 17.1. The van der Waals surface area contributed by atoms with Gasteiger partial charge in [0, 0.05) is 38.3 Å². The van der Waals surface area contributed by atoms with Gasteiger partial charge >= 0.3 is 0 Å². The van der Waals surface area contributed by atoms with Crippen molar-refractivity contribution in [1.82, 2.24) is 10.2 Å². The molecule has 0 aromatic heterocycles. The van der Waals surface area contributed by atoms with Gasteiger partial charge in [0.25, 0.3) is 0 Å². The number of hydrogen-bond acceptors (Lipinski definition) is 3. The summed E-state index contributed by atoms with van der Waals surface area (Å²) in [5.74, 6) is 1.04. The van der Waals surface area contributed by atoms with Crippen molar-refractivity contribution < 1.29 is 4.74 Å². The molecule has 1 aliphatic heterocycles. The van der Waals surface area contributed by atoms with Crippen molar-refractivity contribution in [2.45, 2.75) is 33.4 Å². The van der Waals surface area contributed by atoms with Crippen molar-refractivity contribution in [1.29, 1.82) is 0 Å². The zero-order valence-corrected chi connectivity index (χ0v) is 11.7. The number of piperazine rings is 1. The Morgan fingerprint density at radius 1 is 1.28 bits per heavy atom. The van der Waals surface area contributed by atoms with Crippen molar-refractivity contribution in [3.05, 3.63) is 29.3 Å². The first-order chi connectivity index (χ1) is 8.65.